The van der Waals surface area contributed by atoms with Gasteiger partial charge in [-0.15, -0.1) is 11.3 Å². The van der Waals surface area contributed by atoms with E-state index in [2.05, 4.69) is 11.9 Å². The maximum Gasteiger partial charge on any atom is 0.230 e. The van der Waals surface area contributed by atoms with Gasteiger partial charge in [-0.1, -0.05) is 43.3 Å². The lowest BCUT2D eigenvalue weighted by atomic mass is 10.1. The molecule has 28 heavy (non-hydrogen) atoms. The molecular weight excluding hydrogens is 373 g/mol. The van der Waals surface area contributed by atoms with Gasteiger partial charge in [0, 0.05) is 31.0 Å². The molecule has 0 aliphatic heterocycles. The van der Waals surface area contributed by atoms with E-state index in [1.54, 1.807) is 24.0 Å². The Labute approximate surface area is 169 Å². The molecule has 4 nitrogen and oxygen atoms in total. The van der Waals surface area contributed by atoms with Crippen molar-refractivity contribution in [3.63, 3.8) is 0 Å². The molecule has 2 aromatic carbocycles. The number of anilines is 2. The second kappa shape index (κ2) is 9.08. The number of rotatable bonds is 7. The Morgan fingerprint density at radius 2 is 1.75 bits per heavy atom. The van der Waals surface area contributed by atoms with E-state index < -0.39 is 0 Å². The number of benzene rings is 2. The first kappa shape index (κ1) is 20.2. The summed E-state index contributed by atoms with van der Waals surface area (Å²) in [5, 5.41) is 2.61. The highest BCUT2D eigenvalue weighted by molar-refractivity contribution is 7.14. The van der Waals surface area contributed by atoms with Gasteiger partial charge < -0.3 is 0 Å². The molecule has 0 unspecified atom stereocenters. The van der Waals surface area contributed by atoms with Gasteiger partial charge in [0.05, 0.1) is 11.4 Å². The van der Waals surface area contributed by atoms with Crippen LogP contribution in [0.3, 0.4) is 0 Å². The molecular formula is C22H24FN3OS. The zero-order valence-corrected chi connectivity index (χ0v) is 17.2. The summed E-state index contributed by atoms with van der Waals surface area (Å²) in [6.07, 6.45) is 0.837. The first-order chi connectivity index (χ1) is 13.5. The van der Waals surface area contributed by atoms with Crippen molar-refractivity contribution >= 4 is 28.1 Å². The number of hydrogen-bond acceptors (Lipinski definition) is 4. The van der Waals surface area contributed by atoms with Crippen LogP contribution in [0.4, 0.5) is 15.2 Å². The number of aryl methyl sites for hydroxylation is 1. The summed E-state index contributed by atoms with van der Waals surface area (Å²) in [5.74, 6) is -0.270. The molecule has 1 amide bonds. The topological polar surface area (TPSA) is 36.4 Å². The first-order valence-electron chi connectivity index (χ1n) is 9.24. The zero-order chi connectivity index (χ0) is 20.1. The predicted molar refractivity (Wildman–Crippen MR) is 112 cm³/mol. The number of carbonyl (C=O) groups excluding carboxylic acids is 1. The van der Waals surface area contributed by atoms with E-state index >= 15 is 0 Å². The molecule has 3 aromatic rings. The minimum Gasteiger partial charge on any atom is -0.296 e. The number of nitrogens with zero attached hydrogens (tertiary/aromatic N) is 3. The van der Waals surface area contributed by atoms with E-state index in [9.17, 15) is 9.18 Å². The fourth-order valence-corrected chi connectivity index (χ4v) is 4.03. The Balaban J connectivity index is 1.78. The van der Waals surface area contributed by atoms with E-state index in [4.69, 9.17) is 0 Å². The van der Waals surface area contributed by atoms with Crippen LogP contribution in [-0.2, 0) is 24.3 Å². The van der Waals surface area contributed by atoms with E-state index in [0.29, 0.717) is 23.8 Å². The van der Waals surface area contributed by atoms with Crippen LogP contribution >= 0.6 is 11.3 Å². The maximum atomic E-state index is 13.9. The Morgan fingerprint density at radius 1 is 1.07 bits per heavy atom. The van der Waals surface area contributed by atoms with Crippen molar-refractivity contribution in [2.24, 2.45) is 0 Å². The van der Waals surface area contributed by atoms with Crippen LogP contribution in [0.5, 0.6) is 0 Å². The van der Waals surface area contributed by atoms with Crippen molar-refractivity contribution < 1.29 is 9.18 Å². The van der Waals surface area contributed by atoms with E-state index in [-0.39, 0.29) is 11.7 Å². The fourth-order valence-electron chi connectivity index (χ4n) is 3.16. The van der Waals surface area contributed by atoms with Crippen molar-refractivity contribution in [1.29, 1.82) is 0 Å². The molecule has 0 aliphatic rings. The third-order valence-corrected chi connectivity index (χ3v) is 5.36. The molecule has 0 bridgehead atoms. The van der Waals surface area contributed by atoms with Gasteiger partial charge in [0.1, 0.15) is 5.82 Å². The standard InChI is InChI=1S/C22H24FN3OS/c1-4-17-9-6-8-12-21(17)26(16(2)27)22-24-19(15-28-22)14-25(3)13-18-10-5-7-11-20(18)23/h5-12,15H,4,13-14H2,1-3H3. The molecule has 0 radical (unpaired) electrons. The summed E-state index contributed by atoms with van der Waals surface area (Å²) in [7, 11) is 1.93. The van der Waals surface area contributed by atoms with E-state index in [1.165, 1.54) is 17.4 Å². The highest BCUT2D eigenvalue weighted by Crippen LogP contribution is 2.32. The van der Waals surface area contributed by atoms with Crippen LogP contribution in [0, 0.1) is 5.82 Å². The van der Waals surface area contributed by atoms with Gasteiger partial charge in [-0.3, -0.25) is 14.6 Å². The first-order valence-corrected chi connectivity index (χ1v) is 10.1. The third-order valence-electron chi connectivity index (χ3n) is 4.49. The number of hydrogen-bond donors (Lipinski definition) is 0. The number of carbonyl (C=O) groups is 1. The lowest BCUT2D eigenvalue weighted by Crippen LogP contribution is -2.24. The summed E-state index contributed by atoms with van der Waals surface area (Å²) in [5.41, 5.74) is 3.49. The lowest BCUT2D eigenvalue weighted by molar-refractivity contribution is -0.115. The fraction of sp³-hybridized carbons (Fsp3) is 0.273. The quantitative estimate of drug-likeness (QED) is 0.552. The van der Waals surface area contributed by atoms with E-state index in [1.807, 2.05) is 47.7 Å². The minimum atomic E-state index is -0.202. The molecule has 0 saturated carbocycles. The van der Waals surface area contributed by atoms with Gasteiger partial charge in [-0.05, 0) is 31.2 Å². The second-order valence-corrected chi connectivity index (χ2v) is 7.56. The molecule has 3 rings (SSSR count). The predicted octanol–water partition coefficient (Wildman–Crippen LogP) is 5.16. The Bertz CT molecular complexity index is 956. The largest absolute Gasteiger partial charge is 0.296 e. The molecule has 1 aromatic heterocycles. The highest BCUT2D eigenvalue weighted by atomic mass is 32.1. The third kappa shape index (κ3) is 4.64. The average molecular weight is 398 g/mol. The average Bonchev–Trinajstić information content (AvgIpc) is 3.11. The van der Waals surface area contributed by atoms with Crippen molar-refractivity contribution in [3.8, 4) is 0 Å². The molecule has 146 valence electrons. The second-order valence-electron chi connectivity index (χ2n) is 6.72. The van der Waals surface area contributed by atoms with Gasteiger partial charge in [-0.2, -0.15) is 0 Å². The van der Waals surface area contributed by atoms with Crippen molar-refractivity contribution in [2.75, 3.05) is 11.9 Å². The number of para-hydroxylation sites is 1. The number of aromatic nitrogens is 1. The molecule has 0 N–H and O–H groups in total. The number of amides is 1. The van der Waals surface area contributed by atoms with Crippen molar-refractivity contribution in [3.05, 3.63) is 76.5 Å². The summed E-state index contributed by atoms with van der Waals surface area (Å²) >= 11 is 1.44. The van der Waals surface area contributed by atoms with Crippen LogP contribution in [-0.4, -0.2) is 22.8 Å². The minimum absolute atomic E-state index is 0.0680. The Hall–Kier alpha value is -2.57. The van der Waals surface area contributed by atoms with Crippen LogP contribution in [0.15, 0.2) is 53.9 Å². The van der Waals surface area contributed by atoms with Crippen LogP contribution in [0.2, 0.25) is 0 Å². The van der Waals surface area contributed by atoms with Crippen LogP contribution in [0.1, 0.15) is 30.7 Å². The molecule has 0 fully saturated rings. The summed E-state index contributed by atoms with van der Waals surface area (Å²) < 4.78 is 13.9. The molecule has 6 heteroatoms. The van der Waals surface area contributed by atoms with Gasteiger partial charge in [0.25, 0.3) is 0 Å². The van der Waals surface area contributed by atoms with Gasteiger partial charge in [0.2, 0.25) is 5.91 Å². The molecule has 0 saturated heterocycles. The Kier molecular flexibility index (Phi) is 6.54. The highest BCUT2D eigenvalue weighted by Gasteiger charge is 2.20. The molecule has 0 atom stereocenters. The van der Waals surface area contributed by atoms with Gasteiger partial charge in [0.15, 0.2) is 5.13 Å². The lowest BCUT2D eigenvalue weighted by Gasteiger charge is -2.21. The zero-order valence-electron chi connectivity index (χ0n) is 16.4. The summed E-state index contributed by atoms with van der Waals surface area (Å²) in [4.78, 5) is 20.7. The van der Waals surface area contributed by atoms with E-state index in [0.717, 1.165) is 23.4 Å². The SMILES string of the molecule is CCc1ccccc1N(C(C)=O)c1nc(CN(C)Cc2ccccc2F)cs1. The Morgan fingerprint density at radius 3 is 2.43 bits per heavy atom. The van der Waals surface area contributed by atoms with Crippen LogP contribution < -0.4 is 4.90 Å². The number of halogens is 1. The molecule has 1 heterocycles. The van der Waals surface area contributed by atoms with Crippen molar-refractivity contribution in [1.82, 2.24) is 9.88 Å². The number of thiazole rings is 1. The molecule has 0 aliphatic carbocycles. The normalized spacial score (nSPS) is 11.0. The summed E-state index contributed by atoms with van der Waals surface area (Å²) in [6.45, 7) is 4.69. The van der Waals surface area contributed by atoms with Crippen molar-refractivity contribution in [2.45, 2.75) is 33.4 Å². The maximum absolute atomic E-state index is 13.9. The van der Waals surface area contributed by atoms with Crippen LogP contribution in [0.25, 0.3) is 0 Å². The summed E-state index contributed by atoms with van der Waals surface area (Å²) in [6, 6.07) is 14.7. The monoisotopic (exact) mass is 397 g/mol. The van der Waals surface area contributed by atoms with Gasteiger partial charge >= 0.3 is 0 Å². The molecule has 0 spiro atoms. The smallest absolute Gasteiger partial charge is 0.230 e. The van der Waals surface area contributed by atoms with Gasteiger partial charge in [-0.25, -0.2) is 9.37 Å².